The maximum Gasteiger partial charge on any atom is 0.156 e. The van der Waals surface area contributed by atoms with Crippen LogP contribution in [0.3, 0.4) is 0 Å². The van der Waals surface area contributed by atoms with Crippen molar-refractivity contribution in [3.63, 3.8) is 0 Å². The SMILES string of the molecule is CN=C(C)C=C1SSC(=S)N1c1ccccc1. The Bertz CT molecular complexity index is 480. The highest BCUT2D eigenvalue weighted by Gasteiger charge is 2.25. The standard InChI is InChI=1S/C12H12N2S3/c1-9(13-2)8-11-14(12(15)17-16-11)10-6-4-3-5-7-10/h3-8H,1-2H3. The normalized spacial score (nSPS) is 19.2. The molecule has 2 rings (SSSR count). The number of rotatable bonds is 2. The number of hydrogen-bond acceptors (Lipinski definition) is 4. The van der Waals surface area contributed by atoms with Gasteiger partial charge >= 0.3 is 0 Å². The van der Waals surface area contributed by atoms with Crippen LogP contribution in [0, 0.1) is 0 Å². The van der Waals surface area contributed by atoms with E-state index in [-0.39, 0.29) is 0 Å². The van der Waals surface area contributed by atoms with E-state index in [0.29, 0.717) is 0 Å². The molecule has 1 aromatic carbocycles. The van der Waals surface area contributed by atoms with Crippen molar-refractivity contribution in [1.29, 1.82) is 0 Å². The van der Waals surface area contributed by atoms with Gasteiger partial charge in [0.15, 0.2) is 4.32 Å². The van der Waals surface area contributed by atoms with E-state index in [9.17, 15) is 0 Å². The van der Waals surface area contributed by atoms with E-state index in [1.54, 1.807) is 28.6 Å². The smallest absolute Gasteiger partial charge is 0.156 e. The largest absolute Gasteiger partial charge is 0.293 e. The maximum absolute atomic E-state index is 5.38. The topological polar surface area (TPSA) is 15.6 Å². The Balaban J connectivity index is 2.36. The molecule has 1 heterocycles. The fraction of sp³-hybridized carbons (Fsp3) is 0.167. The highest BCUT2D eigenvalue weighted by molar-refractivity contribution is 8.86. The molecular weight excluding hydrogens is 268 g/mol. The summed E-state index contributed by atoms with van der Waals surface area (Å²) in [7, 11) is 5.09. The van der Waals surface area contributed by atoms with Crippen LogP contribution in [0.4, 0.5) is 5.69 Å². The average molecular weight is 280 g/mol. The van der Waals surface area contributed by atoms with Gasteiger partial charge in [0.1, 0.15) is 0 Å². The summed E-state index contributed by atoms with van der Waals surface area (Å²) in [6.45, 7) is 1.99. The van der Waals surface area contributed by atoms with E-state index in [1.165, 1.54) is 0 Å². The summed E-state index contributed by atoms with van der Waals surface area (Å²) in [6.07, 6.45) is 2.06. The summed E-state index contributed by atoms with van der Waals surface area (Å²) >= 11 is 5.38. The van der Waals surface area contributed by atoms with E-state index in [0.717, 1.165) is 20.7 Å². The Labute approximate surface area is 115 Å². The third-order valence-corrected chi connectivity index (χ3v) is 5.17. The van der Waals surface area contributed by atoms with Crippen LogP contribution in [0.15, 0.2) is 46.4 Å². The van der Waals surface area contributed by atoms with Gasteiger partial charge in [-0.3, -0.25) is 9.89 Å². The lowest BCUT2D eigenvalue weighted by Gasteiger charge is -2.17. The molecule has 88 valence electrons. The quantitative estimate of drug-likeness (QED) is 0.460. The van der Waals surface area contributed by atoms with Gasteiger partial charge in [0.2, 0.25) is 0 Å². The molecule has 1 fully saturated rings. The first-order chi connectivity index (χ1) is 8.22. The average Bonchev–Trinajstić information content (AvgIpc) is 2.71. The summed E-state index contributed by atoms with van der Waals surface area (Å²) in [6, 6.07) is 10.2. The molecule has 1 aliphatic rings. The second kappa shape index (κ2) is 5.71. The molecule has 1 aliphatic heterocycles. The van der Waals surface area contributed by atoms with Gasteiger partial charge < -0.3 is 0 Å². The molecule has 0 unspecified atom stereocenters. The highest BCUT2D eigenvalue weighted by atomic mass is 33.1. The van der Waals surface area contributed by atoms with E-state index in [4.69, 9.17) is 12.2 Å². The van der Waals surface area contributed by atoms with Crippen LogP contribution in [0.1, 0.15) is 6.92 Å². The summed E-state index contributed by atoms with van der Waals surface area (Å²) in [4.78, 5) is 6.24. The Morgan fingerprint density at radius 2 is 2.00 bits per heavy atom. The molecule has 0 aliphatic carbocycles. The van der Waals surface area contributed by atoms with Gasteiger partial charge in [-0.1, -0.05) is 30.4 Å². The van der Waals surface area contributed by atoms with Gasteiger partial charge in [-0.05, 0) is 46.7 Å². The molecular formula is C12H12N2S3. The number of benzene rings is 1. The van der Waals surface area contributed by atoms with Crippen molar-refractivity contribution < 1.29 is 0 Å². The Morgan fingerprint density at radius 1 is 1.29 bits per heavy atom. The molecule has 17 heavy (non-hydrogen) atoms. The second-order valence-corrected chi connectivity index (χ2v) is 6.23. The predicted molar refractivity (Wildman–Crippen MR) is 83.8 cm³/mol. The monoisotopic (exact) mass is 280 g/mol. The minimum atomic E-state index is 0.872. The highest BCUT2D eigenvalue weighted by Crippen LogP contribution is 2.45. The molecule has 0 radical (unpaired) electrons. The molecule has 0 bridgehead atoms. The first-order valence-corrected chi connectivity index (χ1v) is 7.67. The minimum Gasteiger partial charge on any atom is -0.293 e. The zero-order valence-corrected chi connectivity index (χ0v) is 12.0. The number of allylic oxidation sites excluding steroid dienone is 1. The second-order valence-electron chi connectivity index (χ2n) is 3.45. The van der Waals surface area contributed by atoms with Gasteiger partial charge in [0.05, 0.1) is 5.03 Å². The fourth-order valence-electron chi connectivity index (χ4n) is 1.38. The van der Waals surface area contributed by atoms with Crippen LogP contribution < -0.4 is 4.90 Å². The molecule has 0 spiro atoms. The number of thiocarbonyl (C=S) groups is 1. The van der Waals surface area contributed by atoms with Crippen LogP contribution in [-0.4, -0.2) is 17.1 Å². The van der Waals surface area contributed by atoms with Crippen LogP contribution in [0.2, 0.25) is 0 Å². The van der Waals surface area contributed by atoms with Crippen molar-refractivity contribution in [3.05, 3.63) is 41.4 Å². The minimum absolute atomic E-state index is 0.872. The lowest BCUT2D eigenvalue weighted by atomic mass is 10.3. The van der Waals surface area contributed by atoms with E-state index in [2.05, 4.69) is 28.1 Å². The lowest BCUT2D eigenvalue weighted by Crippen LogP contribution is -2.19. The van der Waals surface area contributed by atoms with Crippen molar-refractivity contribution in [2.45, 2.75) is 6.92 Å². The van der Waals surface area contributed by atoms with Gasteiger partial charge in [0.25, 0.3) is 0 Å². The van der Waals surface area contributed by atoms with Crippen molar-refractivity contribution >= 4 is 49.5 Å². The predicted octanol–water partition coefficient (Wildman–Crippen LogP) is 4.11. The summed E-state index contributed by atoms with van der Waals surface area (Å²) in [5.74, 6) is 0. The number of anilines is 1. The van der Waals surface area contributed by atoms with Crippen molar-refractivity contribution in [1.82, 2.24) is 0 Å². The van der Waals surface area contributed by atoms with Crippen molar-refractivity contribution in [2.75, 3.05) is 11.9 Å². The van der Waals surface area contributed by atoms with E-state index in [1.807, 2.05) is 25.1 Å². The number of para-hydroxylation sites is 1. The molecule has 5 heteroatoms. The Morgan fingerprint density at radius 3 is 2.65 bits per heavy atom. The first-order valence-electron chi connectivity index (χ1n) is 5.11. The molecule has 0 saturated carbocycles. The van der Waals surface area contributed by atoms with Gasteiger partial charge in [-0.25, -0.2) is 0 Å². The number of nitrogens with zero attached hydrogens (tertiary/aromatic N) is 2. The Kier molecular flexibility index (Phi) is 4.25. The van der Waals surface area contributed by atoms with Crippen LogP contribution in [0.5, 0.6) is 0 Å². The molecule has 0 N–H and O–H groups in total. The third kappa shape index (κ3) is 2.91. The Hall–Kier alpha value is -0.780. The van der Waals surface area contributed by atoms with Gasteiger partial charge in [-0.15, -0.1) is 0 Å². The molecule has 0 aromatic heterocycles. The third-order valence-electron chi connectivity index (χ3n) is 2.30. The van der Waals surface area contributed by atoms with Crippen molar-refractivity contribution in [2.24, 2.45) is 4.99 Å². The number of hydrogen-bond donors (Lipinski definition) is 0. The van der Waals surface area contributed by atoms with E-state index < -0.39 is 0 Å². The van der Waals surface area contributed by atoms with Crippen LogP contribution >= 0.6 is 33.8 Å². The number of aliphatic imine (C=N–C) groups is 1. The molecule has 0 amide bonds. The maximum atomic E-state index is 5.38. The zero-order valence-electron chi connectivity index (χ0n) is 9.58. The van der Waals surface area contributed by atoms with Gasteiger partial charge in [0, 0.05) is 18.4 Å². The molecule has 1 saturated heterocycles. The van der Waals surface area contributed by atoms with Gasteiger partial charge in [-0.2, -0.15) is 0 Å². The molecule has 1 aromatic rings. The van der Waals surface area contributed by atoms with Crippen molar-refractivity contribution in [3.8, 4) is 0 Å². The summed E-state index contributed by atoms with van der Waals surface area (Å²) in [5, 5.41) is 1.12. The van der Waals surface area contributed by atoms with Crippen LogP contribution in [0.25, 0.3) is 0 Å². The van der Waals surface area contributed by atoms with Crippen LogP contribution in [-0.2, 0) is 0 Å². The first kappa shape index (κ1) is 12.7. The zero-order chi connectivity index (χ0) is 12.3. The fourth-order valence-corrected chi connectivity index (χ4v) is 4.00. The van der Waals surface area contributed by atoms with E-state index >= 15 is 0 Å². The molecule has 2 nitrogen and oxygen atoms in total. The summed E-state index contributed by atoms with van der Waals surface area (Å²) < 4.78 is 0.872. The molecule has 0 atom stereocenters. The lowest BCUT2D eigenvalue weighted by molar-refractivity contribution is 1.36. The summed E-state index contributed by atoms with van der Waals surface area (Å²) in [5.41, 5.74) is 2.10.